The van der Waals surface area contributed by atoms with Crippen LogP contribution in [0.4, 0.5) is 0 Å². The SMILES string of the molecule is CCCCCc1ccc(CCCC)c(C)n1. The van der Waals surface area contributed by atoms with Crippen LogP contribution in [0.15, 0.2) is 12.1 Å². The van der Waals surface area contributed by atoms with Gasteiger partial charge in [-0.25, -0.2) is 0 Å². The predicted molar refractivity (Wildman–Crippen MR) is 70.8 cm³/mol. The maximum Gasteiger partial charge on any atom is 0.0407 e. The van der Waals surface area contributed by atoms with Crippen molar-refractivity contribution in [2.24, 2.45) is 0 Å². The van der Waals surface area contributed by atoms with Gasteiger partial charge in [0, 0.05) is 11.4 Å². The molecule has 0 aromatic carbocycles. The summed E-state index contributed by atoms with van der Waals surface area (Å²) in [5.74, 6) is 0. The minimum absolute atomic E-state index is 1.14. The molecule has 0 unspecified atom stereocenters. The normalized spacial score (nSPS) is 10.7. The van der Waals surface area contributed by atoms with E-state index in [-0.39, 0.29) is 0 Å². The zero-order chi connectivity index (χ0) is 11.8. The van der Waals surface area contributed by atoms with E-state index in [0.29, 0.717) is 0 Å². The Morgan fingerprint density at radius 2 is 1.69 bits per heavy atom. The molecule has 0 spiro atoms. The van der Waals surface area contributed by atoms with Crippen molar-refractivity contribution in [3.63, 3.8) is 0 Å². The molecule has 0 amide bonds. The van der Waals surface area contributed by atoms with Gasteiger partial charge < -0.3 is 0 Å². The lowest BCUT2D eigenvalue weighted by Crippen LogP contribution is -1.98. The van der Waals surface area contributed by atoms with Crippen LogP contribution < -0.4 is 0 Å². The molecule has 0 N–H and O–H groups in total. The van der Waals surface area contributed by atoms with E-state index in [0.717, 1.165) is 6.42 Å². The van der Waals surface area contributed by atoms with E-state index in [1.165, 1.54) is 55.5 Å². The van der Waals surface area contributed by atoms with E-state index in [4.69, 9.17) is 4.98 Å². The number of unbranched alkanes of at least 4 members (excludes halogenated alkanes) is 3. The van der Waals surface area contributed by atoms with Gasteiger partial charge >= 0.3 is 0 Å². The lowest BCUT2D eigenvalue weighted by Gasteiger charge is -2.07. The van der Waals surface area contributed by atoms with E-state index in [1.54, 1.807) is 0 Å². The molecule has 0 atom stereocenters. The smallest absolute Gasteiger partial charge is 0.0407 e. The molecule has 1 aromatic rings. The molecule has 0 aliphatic carbocycles. The molecule has 16 heavy (non-hydrogen) atoms. The molecule has 0 bridgehead atoms. The Balaban J connectivity index is 2.53. The van der Waals surface area contributed by atoms with Crippen LogP contribution in [0.1, 0.15) is 62.9 Å². The van der Waals surface area contributed by atoms with Crippen molar-refractivity contribution in [1.82, 2.24) is 4.98 Å². The quantitative estimate of drug-likeness (QED) is 0.617. The van der Waals surface area contributed by atoms with Gasteiger partial charge in [-0.2, -0.15) is 0 Å². The predicted octanol–water partition coefficient (Wildman–Crippen LogP) is 4.47. The summed E-state index contributed by atoms with van der Waals surface area (Å²) in [6.45, 7) is 6.63. The monoisotopic (exact) mass is 219 g/mol. The standard InChI is InChI=1S/C15H25N/c1-4-6-8-10-15-12-11-14(9-7-5-2)13(3)16-15/h11-12H,4-10H2,1-3H3. The summed E-state index contributed by atoms with van der Waals surface area (Å²) in [5.41, 5.74) is 3.94. The van der Waals surface area contributed by atoms with Crippen LogP contribution in [-0.4, -0.2) is 4.98 Å². The van der Waals surface area contributed by atoms with Crippen LogP contribution in [0.25, 0.3) is 0 Å². The average molecular weight is 219 g/mol. The molecule has 1 rings (SSSR count). The maximum absolute atomic E-state index is 4.70. The molecule has 90 valence electrons. The Kier molecular flexibility index (Phi) is 6.14. The van der Waals surface area contributed by atoms with Crippen molar-refractivity contribution in [2.45, 2.75) is 65.7 Å². The summed E-state index contributed by atoms with van der Waals surface area (Å²) in [5, 5.41) is 0. The molecule has 1 heterocycles. The lowest BCUT2D eigenvalue weighted by molar-refractivity contribution is 0.703. The summed E-state index contributed by atoms with van der Waals surface area (Å²) >= 11 is 0. The number of rotatable bonds is 7. The largest absolute Gasteiger partial charge is 0.258 e. The highest BCUT2D eigenvalue weighted by atomic mass is 14.7. The van der Waals surface area contributed by atoms with E-state index >= 15 is 0 Å². The molecular weight excluding hydrogens is 194 g/mol. The van der Waals surface area contributed by atoms with E-state index in [2.05, 4.69) is 32.9 Å². The van der Waals surface area contributed by atoms with Gasteiger partial charge in [-0.05, 0) is 44.2 Å². The molecule has 1 heteroatoms. The Bertz CT molecular complexity index is 304. The van der Waals surface area contributed by atoms with Crippen LogP contribution in [0.2, 0.25) is 0 Å². The van der Waals surface area contributed by atoms with Gasteiger partial charge in [-0.1, -0.05) is 39.2 Å². The van der Waals surface area contributed by atoms with Crippen molar-refractivity contribution < 1.29 is 0 Å². The lowest BCUT2D eigenvalue weighted by atomic mass is 10.1. The maximum atomic E-state index is 4.70. The average Bonchev–Trinajstić information content (AvgIpc) is 2.28. The number of pyridine rings is 1. The summed E-state index contributed by atoms with van der Waals surface area (Å²) in [6.07, 6.45) is 8.74. The minimum atomic E-state index is 1.14. The number of hydrogen-bond donors (Lipinski definition) is 0. The van der Waals surface area contributed by atoms with Crippen LogP contribution in [0, 0.1) is 6.92 Å². The fourth-order valence-corrected chi connectivity index (χ4v) is 1.97. The molecule has 0 aliphatic heterocycles. The van der Waals surface area contributed by atoms with Crippen LogP contribution >= 0.6 is 0 Å². The fourth-order valence-electron chi connectivity index (χ4n) is 1.97. The molecule has 1 nitrogen and oxygen atoms in total. The first-order valence-electron chi connectivity index (χ1n) is 6.73. The van der Waals surface area contributed by atoms with Gasteiger partial charge in [-0.15, -0.1) is 0 Å². The van der Waals surface area contributed by atoms with Crippen molar-refractivity contribution in [1.29, 1.82) is 0 Å². The number of aryl methyl sites for hydroxylation is 3. The first-order chi connectivity index (χ1) is 7.77. The number of aromatic nitrogens is 1. The summed E-state index contributed by atoms with van der Waals surface area (Å²) in [7, 11) is 0. The van der Waals surface area contributed by atoms with E-state index < -0.39 is 0 Å². The van der Waals surface area contributed by atoms with E-state index in [9.17, 15) is 0 Å². The first kappa shape index (κ1) is 13.2. The molecule has 1 aromatic heterocycles. The number of hydrogen-bond acceptors (Lipinski definition) is 1. The van der Waals surface area contributed by atoms with Gasteiger partial charge in [-0.3, -0.25) is 4.98 Å². The van der Waals surface area contributed by atoms with Gasteiger partial charge in [0.15, 0.2) is 0 Å². The van der Waals surface area contributed by atoms with Crippen molar-refractivity contribution >= 4 is 0 Å². The first-order valence-corrected chi connectivity index (χ1v) is 6.73. The van der Waals surface area contributed by atoms with Gasteiger partial charge in [0.05, 0.1) is 0 Å². The summed E-state index contributed by atoms with van der Waals surface area (Å²) < 4.78 is 0. The summed E-state index contributed by atoms with van der Waals surface area (Å²) in [6, 6.07) is 4.49. The van der Waals surface area contributed by atoms with Crippen LogP contribution in [0.3, 0.4) is 0 Å². The molecule has 0 radical (unpaired) electrons. The minimum Gasteiger partial charge on any atom is -0.258 e. The van der Waals surface area contributed by atoms with E-state index in [1.807, 2.05) is 0 Å². The van der Waals surface area contributed by atoms with Crippen molar-refractivity contribution in [3.8, 4) is 0 Å². The number of nitrogens with zero attached hydrogens (tertiary/aromatic N) is 1. The van der Waals surface area contributed by atoms with Gasteiger partial charge in [0.1, 0.15) is 0 Å². The van der Waals surface area contributed by atoms with Crippen molar-refractivity contribution in [3.05, 3.63) is 29.1 Å². The Morgan fingerprint density at radius 1 is 0.938 bits per heavy atom. The highest BCUT2D eigenvalue weighted by Crippen LogP contribution is 2.12. The van der Waals surface area contributed by atoms with Crippen LogP contribution in [0.5, 0.6) is 0 Å². The van der Waals surface area contributed by atoms with Crippen LogP contribution in [-0.2, 0) is 12.8 Å². The highest BCUT2D eigenvalue weighted by molar-refractivity contribution is 5.22. The third kappa shape index (κ3) is 4.34. The molecular formula is C15H25N. The second-order valence-corrected chi connectivity index (χ2v) is 4.61. The highest BCUT2D eigenvalue weighted by Gasteiger charge is 2.01. The molecule has 0 fully saturated rings. The second-order valence-electron chi connectivity index (χ2n) is 4.61. The third-order valence-corrected chi connectivity index (χ3v) is 3.09. The Labute approximate surface area is 100 Å². The molecule has 0 aliphatic rings. The topological polar surface area (TPSA) is 12.9 Å². The zero-order valence-corrected chi connectivity index (χ0v) is 11.1. The molecule has 0 saturated heterocycles. The van der Waals surface area contributed by atoms with Gasteiger partial charge in [0.2, 0.25) is 0 Å². The summed E-state index contributed by atoms with van der Waals surface area (Å²) in [4.78, 5) is 4.70. The molecule has 0 saturated carbocycles. The fraction of sp³-hybridized carbons (Fsp3) is 0.667. The third-order valence-electron chi connectivity index (χ3n) is 3.09. The Hall–Kier alpha value is -0.850. The Morgan fingerprint density at radius 3 is 2.31 bits per heavy atom. The zero-order valence-electron chi connectivity index (χ0n) is 11.1. The van der Waals surface area contributed by atoms with Gasteiger partial charge in [0.25, 0.3) is 0 Å². The van der Waals surface area contributed by atoms with Crippen molar-refractivity contribution in [2.75, 3.05) is 0 Å². The second kappa shape index (κ2) is 7.43.